The summed E-state index contributed by atoms with van der Waals surface area (Å²) >= 11 is 0. The van der Waals surface area contributed by atoms with Crippen LogP contribution in [0, 0.1) is 6.92 Å². The molecule has 0 fully saturated rings. The number of rotatable bonds is 9. The number of ketones is 1. The maximum absolute atomic E-state index is 12.6. The zero-order valence-electron chi connectivity index (χ0n) is 15.7. The Bertz CT molecular complexity index is 1040. The Morgan fingerprint density at radius 2 is 1.72 bits per heavy atom. The highest BCUT2D eigenvalue weighted by Gasteiger charge is 2.19. The van der Waals surface area contributed by atoms with E-state index >= 15 is 0 Å². The van der Waals surface area contributed by atoms with Crippen molar-refractivity contribution in [2.45, 2.75) is 6.92 Å². The molecular weight excluding hydrogens is 382 g/mol. The second-order valence-corrected chi connectivity index (χ2v) is 6.02. The van der Waals surface area contributed by atoms with E-state index in [9.17, 15) is 19.2 Å². The number of carboxylic acid groups (broad SMARTS) is 2. The van der Waals surface area contributed by atoms with Crippen molar-refractivity contribution in [3.05, 3.63) is 63.6 Å². The normalized spacial score (nSPS) is 10.7. The highest BCUT2D eigenvalue weighted by Crippen LogP contribution is 2.19. The molecule has 2 aromatic rings. The molecule has 0 atom stereocenters. The molecule has 9 nitrogen and oxygen atoms in total. The average Bonchev–Trinajstić information content (AvgIpc) is 2.67. The van der Waals surface area contributed by atoms with Crippen LogP contribution in [0.2, 0.25) is 0 Å². The highest BCUT2D eigenvalue weighted by atomic mass is 16.5. The Morgan fingerprint density at radius 1 is 1.07 bits per heavy atom. The molecule has 0 aliphatic heterocycles. The molecule has 0 spiro atoms. The largest absolute Gasteiger partial charge is 0.482 e. The van der Waals surface area contributed by atoms with Gasteiger partial charge in [0, 0.05) is 18.8 Å². The first-order valence-corrected chi connectivity index (χ1v) is 8.41. The number of carbonyl (C=O) groups is 3. The SMILES string of the molecule is Cc1cc(OCC(=O)O)c(C(=O)C=Cc2cccc(OCC(=O)O)c2)c(=O)n1C. The van der Waals surface area contributed by atoms with E-state index in [-0.39, 0.29) is 11.3 Å². The van der Waals surface area contributed by atoms with Gasteiger partial charge in [0.2, 0.25) is 0 Å². The fourth-order valence-corrected chi connectivity index (χ4v) is 2.38. The number of hydrogen-bond acceptors (Lipinski definition) is 6. The van der Waals surface area contributed by atoms with Crippen LogP contribution in [0.25, 0.3) is 6.08 Å². The molecule has 0 unspecified atom stereocenters. The van der Waals surface area contributed by atoms with E-state index in [1.54, 1.807) is 25.1 Å². The molecule has 1 aromatic carbocycles. The molecule has 152 valence electrons. The van der Waals surface area contributed by atoms with Gasteiger partial charge in [-0.2, -0.15) is 0 Å². The third-order valence-corrected chi connectivity index (χ3v) is 3.88. The summed E-state index contributed by atoms with van der Waals surface area (Å²) in [4.78, 5) is 46.5. The summed E-state index contributed by atoms with van der Waals surface area (Å²) in [6, 6.07) is 7.80. The van der Waals surface area contributed by atoms with Gasteiger partial charge in [0.25, 0.3) is 5.56 Å². The first-order valence-electron chi connectivity index (χ1n) is 8.41. The van der Waals surface area contributed by atoms with Gasteiger partial charge in [-0.05, 0) is 30.7 Å². The van der Waals surface area contributed by atoms with Crippen LogP contribution in [0.15, 0.2) is 41.2 Å². The number of carbonyl (C=O) groups excluding carboxylic acids is 1. The second kappa shape index (κ2) is 9.36. The number of aliphatic carboxylic acids is 2. The summed E-state index contributed by atoms with van der Waals surface area (Å²) < 4.78 is 11.5. The number of hydrogen-bond donors (Lipinski definition) is 2. The summed E-state index contributed by atoms with van der Waals surface area (Å²) in [5.41, 5.74) is 0.143. The predicted octanol–water partition coefficient (Wildman–Crippen LogP) is 1.52. The van der Waals surface area contributed by atoms with E-state index in [1.165, 1.54) is 29.8 Å². The second-order valence-electron chi connectivity index (χ2n) is 6.02. The van der Waals surface area contributed by atoms with Crippen LogP contribution in [-0.4, -0.2) is 45.7 Å². The van der Waals surface area contributed by atoms with E-state index < -0.39 is 36.5 Å². The van der Waals surface area contributed by atoms with E-state index in [4.69, 9.17) is 19.7 Å². The van der Waals surface area contributed by atoms with Crippen LogP contribution in [-0.2, 0) is 16.6 Å². The number of pyridine rings is 1. The van der Waals surface area contributed by atoms with Crippen molar-refractivity contribution in [1.82, 2.24) is 4.57 Å². The van der Waals surface area contributed by atoms with Crippen molar-refractivity contribution in [1.29, 1.82) is 0 Å². The van der Waals surface area contributed by atoms with Crippen LogP contribution in [0.1, 0.15) is 21.6 Å². The molecule has 0 saturated carbocycles. The first kappa shape index (κ1) is 21.4. The highest BCUT2D eigenvalue weighted by molar-refractivity contribution is 6.08. The molecular formula is C20H19NO8. The van der Waals surface area contributed by atoms with Crippen LogP contribution < -0.4 is 15.0 Å². The van der Waals surface area contributed by atoms with Gasteiger partial charge < -0.3 is 24.3 Å². The van der Waals surface area contributed by atoms with Gasteiger partial charge >= 0.3 is 11.9 Å². The standard InChI is InChI=1S/C20H19NO8/c1-12-8-16(29-11-18(25)26)19(20(27)21(12)2)15(22)7-6-13-4-3-5-14(9-13)28-10-17(23)24/h3-9H,10-11H2,1-2H3,(H,23,24)(H,25,26). The number of allylic oxidation sites excluding steroid dienone is 1. The summed E-state index contributed by atoms with van der Waals surface area (Å²) in [5.74, 6) is -2.83. The molecule has 9 heteroatoms. The lowest BCUT2D eigenvalue weighted by Crippen LogP contribution is -2.27. The van der Waals surface area contributed by atoms with Crippen molar-refractivity contribution in [3.8, 4) is 11.5 Å². The van der Waals surface area contributed by atoms with E-state index in [0.717, 1.165) is 6.08 Å². The van der Waals surface area contributed by atoms with Crippen LogP contribution in [0.4, 0.5) is 0 Å². The maximum atomic E-state index is 12.6. The van der Waals surface area contributed by atoms with Gasteiger partial charge in [0.15, 0.2) is 19.0 Å². The number of benzene rings is 1. The smallest absolute Gasteiger partial charge is 0.341 e. The van der Waals surface area contributed by atoms with Gasteiger partial charge in [0.05, 0.1) is 0 Å². The molecule has 0 amide bonds. The zero-order valence-corrected chi connectivity index (χ0v) is 15.7. The van der Waals surface area contributed by atoms with Crippen molar-refractivity contribution in [2.75, 3.05) is 13.2 Å². The van der Waals surface area contributed by atoms with E-state index in [2.05, 4.69) is 0 Å². The summed E-state index contributed by atoms with van der Waals surface area (Å²) in [7, 11) is 1.49. The van der Waals surface area contributed by atoms with Gasteiger partial charge in [-0.25, -0.2) is 9.59 Å². The Kier molecular flexibility index (Phi) is 6.91. The molecule has 29 heavy (non-hydrogen) atoms. The molecule has 2 rings (SSSR count). The lowest BCUT2D eigenvalue weighted by molar-refractivity contribution is -0.140. The summed E-state index contributed by atoms with van der Waals surface area (Å²) in [6.45, 7) is 0.428. The Balaban J connectivity index is 2.31. The summed E-state index contributed by atoms with van der Waals surface area (Å²) in [5, 5.41) is 17.5. The first-order chi connectivity index (χ1) is 13.7. The minimum Gasteiger partial charge on any atom is -0.482 e. The molecule has 2 N–H and O–H groups in total. The monoisotopic (exact) mass is 401 g/mol. The van der Waals surface area contributed by atoms with Gasteiger partial charge in [-0.1, -0.05) is 18.2 Å². The number of aromatic nitrogens is 1. The van der Waals surface area contributed by atoms with Crippen LogP contribution in [0.5, 0.6) is 11.5 Å². The van der Waals surface area contributed by atoms with Gasteiger partial charge in [0.1, 0.15) is 17.1 Å². The third kappa shape index (κ3) is 5.80. The summed E-state index contributed by atoms with van der Waals surface area (Å²) in [6.07, 6.45) is 2.58. The molecule has 0 saturated heterocycles. The molecule has 1 heterocycles. The maximum Gasteiger partial charge on any atom is 0.341 e. The Hall–Kier alpha value is -3.88. The zero-order chi connectivity index (χ0) is 21.6. The van der Waals surface area contributed by atoms with Crippen molar-refractivity contribution < 1.29 is 34.1 Å². The number of aryl methyl sites for hydroxylation is 1. The Labute approximate surface area is 165 Å². The predicted molar refractivity (Wildman–Crippen MR) is 102 cm³/mol. The fourth-order valence-electron chi connectivity index (χ4n) is 2.38. The van der Waals surface area contributed by atoms with Crippen LogP contribution >= 0.6 is 0 Å². The van der Waals surface area contributed by atoms with Gasteiger partial charge in [-0.3, -0.25) is 9.59 Å². The minimum atomic E-state index is -1.24. The average molecular weight is 401 g/mol. The third-order valence-electron chi connectivity index (χ3n) is 3.88. The van der Waals surface area contributed by atoms with Crippen molar-refractivity contribution >= 4 is 23.8 Å². The van der Waals surface area contributed by atoms with Crippen molar-refractivity contribution in [3.63, 3.8) is 0 Å². The molecule has 0 radical (unpaired) electrons. The molecule has 0 bridgehead atoms. The topological polar surface area (TPSA) is 132 Å². The number of ether oxygens (including phenoxy) is 2. The lowest BCUT2D eigenvalue weighted by atomic mass is 10.1. The van der Waals surface area contributed by atoms with E-state index in [0.29, 0.717) is 17.0 Å². The fraction of sp³-hybridized carbons (Fsp3) is 0.200. The molecule has 0 aliphatic rings. The molecule has 1 aromatic heterocycles. The van der Waals surface area contributed by atoms with E-state index in [1.807, 2.05) is 0 Å². The lowest BCUT2D eigenvalue weighted by Gasteiger charge is -2.12. The van der Waals surface area contributed by atoms with Gasteiger partial charge in [-0.15, -0.1) is 0 Å². The minimum absolute atomic E-state index is 0.110. The Morgan fingerprint density at radius 3 is 2.38 bits per heavy atom. The number of nitrogens with zero attached hydrogens (tertiary/aromatic N) is 1. The van der Waals surface area contributed by atoms with Crippen LogP contribution in [0.3, 0.4) is 0 Å². The van der Waals surface area contributed by atoms with Crippen molar-refractivity contribution in [2.24, 2.45) is 7.05 Å². The molecule has 0 aliphatic carbocycles. The number of carboxylic acids is 2. The quantitative estimate of drug-likeness (QED) is 0.477.